The molecular weight excluding hydrogens is 192 g/mol. The molecule has 4 heteroatoms. The van der Waals surface area contributed by atoms with Crippen molar-refractivity contribution in [2.24, 2.45) is 5.92 Å². The van der Waals surface area contributed by atoms with Crippen LogP contribution >= 0.6 is 0 Å². The molecule has 1 aromatic rings. The van der Waals surface area contributed by atoms with Gasteiger partial charge in [-0.1, -0.05) is 13.0 Å². The lowest BCUT2D eigenvalue weighted by molar-refractivity contribution is -0.570. The number of rotatable bonds is 1. The SMILES string of the molecule is CCC1C(=O)[n+]2ccccc2N(C)C1O. The Morgan fingerprint density at radius 1 is 1.53 bits per heavy atom. The summed E-state index contributed by atoms with van der Waals surface area (Å²) in [6, 6.07) is 5.50. The second kappa shape index (κ2) is 3.62. The fourth-order valence-electron chi connectivity index (χ4n) is 2.00. The number of aliphatic hydroxyl groups excluding tert-OH is 1. The molecule has 0 bridgehead atoms. The van der Waals surface area contributed by atoms with Gasteiger partial charge in [-0.2, -0.15) is 4.57 Å². The van der Waals surface area contributed by atoms with Gasteiger partial charge in [-0.15, -0.1) is 0 Å². The molecule has 2 unspecified atom stereocenters. The summed E-state index contributed by atoms with van der Waals surface area (Å²) in [6.45, 7) is 1.91. The van der Waals surface area contributed by atoms with Crippen molar-refractivity contribution >= 4 is 11.7 Å². The maximum absolute atomic E-state index is 12.0. The third kappa shape index (κ3) is 1.41. The van der Waals surface area contributed by atoms with E-state index in [1.807, 2.05) is 25.1 Å². The molecule has 0 amide bonds. The lowest BCUT2D eigenvalue weighted by Crippen LogP contribution is -2.61. The van der Waals surface area contributed by atoms with Crippen LogP contribution in [0.1, 0.15) is 18.1 Å². The van der Waals surface area contributed by atoms with Gasteiger partial charge < -0.3 is 5.11 Å². The quantitative estimate of drug-likeness (QED) is 0.678. The summed E-state index contributed by atoms with van der Waals surface area (Å²) < 4.78 is 1.60. The summed E-state index contributed by atoms with van der Waals surface area (Å²) in [5.74, 6) is 0.369. The zero-order valence-electron chi connectivity index (χ0n) is 8.92. The highest BCUT2D eigenvalue weighted by atomic mass is 16.3. The first-order chi connectivity index (χ1) is 7.16. The van der Waals surface area contributed by atoms with Crippen molar-refractivity contribution in [3.05, 3.63) is 24.4 Å². The summed E-state index contributed by atoms with van der Waals surface area (Å²) in [4.78, 5) is 13.7. The van der Waals surface area contributed by atoms with E-state index < -0.39 is 6.23 Å². The van der Waals surface area contributed by atoms with Gasteiger partial charge in [0.05, 0.1) is 13.2 Å². The van der Waals surface area contributed by atoms with E-state index in [1.54, 1.807) is 22.7 Å². The molecule has 1 aromatic heterocycles. The van der Waals surface area contributed by atoms with Crippen LogP contribution in [-0.4, -0.2) is 24.3 Å². The largest absolute Gasteiger partial charge is 0.355 e. The number of aromatic nitrogens is 1. The van der Waals surface area contributed by atoms with Crippen LogP contribution in [0.25, 0.3) is 0 Å². The van der Waals surface area contributed by atoms with Gasteiger partial charge in [0, 0.05) is 6.07 Å². The molecule has 80 valence electrons. The smallest absolute Gasteiger partial charge is 0.324 e. The average Bonchev–Trinajstić information content (AvgIpc) is 2.27. The standard InChI is InChI=1S/C11H15N2O2/c1-3-8-10(14)12(2)9-6-4-5-7-13(9)11(8)15/h4-8,10,14H,3H2,1-2H3/q+1. The van der Waals surface area contributed by atoms with Crippen LogP contribution < -0.4 is 9.47 Å². The number of carbonyl (C=O) groups excluding carboxylic acids is 1. The summed E-state index contributed by atoms with van der Waals surface area (Å²) in [5.41, 5.74) is 0. The molecule has 0 spiro atoms. The van der Waals surface area contributed by atoms with Crippen LogP contribution in [0.4, 0.5) is 5.82 Å². The Bertz CT molecular complexity index is 392. The zero-order chi connectivity index (χ0) is 11.0. The van der Waals surface area contributed by atoms with Crippen LogP contribution in [0.5, 0.6) is 0 Å². The van der Waals surface area contributed by atoms with Crippen molar-refractivity contribution in [1.29, 1.82) is 0 Å². The zero-order valence-corrected chi connectivity index (χ0v) is 8.92. The fourth-order valence-corrected chi connectivity index (χ4v) is 2.00. The van der Waals surface area contributed by atoms with Crippen molar-refractivity contribution in [2.75, 3.05) is 11.9 Å². The van der Waals surface area contributed by atoms with Crippen LogP contribution in [0.3, 0.4) is 0 Å². The topological polar surface area (TPSA) is 44.4 Å². The fraction of sp³-hybridized carbons (Fsp3) is 0.455. The van der Waals surface area contributed by atoms with Crippen LogP contribution in [0.15, 0.2) is 24.4 Å². The molecule has 1 N–H and O–H groups in total. The molecule has 0 saturated carbocycles. The molecule has 1 aliphatic heterocycles. The lowest BCUT2D eigenvalue weighted by atomic mass is 10.0. The van der Waals surface area contributed by atoms with E-state index in [2.05, 4.69) is 0 Å². The predicted octanol–water partition coefficient (Wildman–Crippen LogP) is 0.409. The number of pyridine rings is 1. The molecule has 15 heavy (non-hydrogen) atoms. The Balaban J connectivity index is 2.52. The molecule has 2 rings (SSSR count). The van der Waals surface area contributed by atoms with Gasteiger partial charge in [0.2, 0.25) is 6.23 Å². The van der Waals surface area contributed by atoms with E-state index in [0.717, 1.165) is 5.82 Å². The number of nitrogens with zero attached hydrogens (tertiary/aromatic N) is 2. The third-order valence-corrected chi connectivity index (χ3v) is 2.95. The van der Waals surface area contributed by atoms with E-state index >= 15 is 0 Å². The molecule has 0 aromatic carbocycles. The molecule has 2 atom stereocenters. The highest BCUT2D eigenvalue weighted by Crippen LogP contribution is 2.22. The normalized spacial score (nSPS) is 25.3. The minimum atomic E-state index is -0.718. The first kappa shape index (κ1) is 10.1. The number of anilines is 1. The Labute approximate surface area is 88.8 Å². The highest BCUT2D eigenvalue weighted by molar-refractivity contribution is 5.74. The van der Waals surface area contributed by atoms with Crippen molar-refractivity contribution < 1.29 is 14.5 Å². The summed E-state index contributed by atoms with van der Waals surface area (Å²) in [6.07, 6.45) is 1.67. The highest BCUT2D eigenvalue weighted by Gasteiger charge is 2.42. The number of hydrogen-bond acceptors (Lipinski definition) is 3. The molecule has 4 nitrogen and oxygen atoms in total. The van der Waals surface area contributed by atoms with Gasteiger partial charge in [0.15, 0.2) is 0 Å². The molecular formula is C11H15N2O2+. The van der Waals surface area contributed by atoms with E-state index in [1.165, 1.54) is 0 Å². The summed E-state index contributed by atoms with van der Waals surface area (Å²) in [5, 5.41) is 9.95. The molecule has 0 aliphatic carbocycles. The third-order valence-electron chi connectivity index (χ3n) is 2.95. The average molecular weight is 207 g/mol. The monoisotopic (exact) mass is 207 g/mol. The second-order valence-corrected chi connectivity index (χ2v) is 3.81. The summed E-state index contributed by atoms with van der Waals surface area (Å²) in [7, 11) is 1.80. The molecule has 0 radical (unpaired) electrons. The van der Waals surface area contributed by atoms with E-state index in [9.17, 15) is 9.90 Å². The van der Waals surface area contributed by atoms with Crippen molar-refractivity contribution in [1.82, 2.24) is 0 Å². The van der Waals surface area contributed by atoms with Crippen molar-refractivity contribution in [2.45, 2.75) is 19.6 Å². The maximum atomic E-state index is 12.0. The number of aliphatic hydroxyl groups is 1. The number of hydrogen-bond donors (Lipinski definition) is 1. The maximum Gasteiger partial charge on any atom is 0.324 e. The molecule has 0 saturated heterocycles. The van der Waals surface area contributed by atoms with Gasteiger partial charge in [0.1, 0.15) is 5.92 Å². The van der Waals surface area contributed by atoms with Crippen molar-refractivity contribution in [3.8, 4) is 0 Å². The minimum Gasteiger partial charge on any atom is -0.355 e. The van der Waals surface area contributed by atoms with E-state index in [-0.39, 0.29) is 11.8 Å². The van der Waals surface area contributed by atoms with E-state index in [4.69, 9.17) is 0 Å². The minimum absolute atomic E-state index is 0.0290. The van der Waals surface area contributed by atoms with Crippen LogP contribution in [-0.2, 0) is 0 Å². The Hall–Kier alpha value is -1.42. The van der Waals surface area contributed by atoms with Crippen LogP contribution in [0.2, 0.25) is 0 Å². The Kier molecular flexibility index (Phi) is 2.44. The lowest BCUT2D eigenvalue weighted by Gasteiger charge is -2.29. The predicted molar refractivity (Wildman–Crippen MR) is 55.5 cm³/mol. The molecule has 2 heterocycles. The van der Waals surface area contributed by atoms with Gasteiger partial charge in [-0.05, 0) is 12.5 Å². The number of carbonyl (C=O) groups is 1. The second-order valence-electron chi connectivity index (χ2n) is 3.81. The van der Waals surface area contributed by atoms with Gasteiger partial charge in [0.25, 0.3) is 5.82 Å². The Morgan fingerprint density at radius 3 is 2.93 bits per heavy atom. The van der Waals surface area contributed by atoms with E-state index in [0.29, 0.717) is 6.42 Å². The molecule has 0 fully saturated rings. The van der Waals surface area contributed by atoms with Gasteiger partial charge in [-0.25, -0.2) is 9.69 Å². The Morgan fingerprint density at radius 2 is 2.27 bits per heavy atom. The first-order valence-corrected chi connectivity index (χ1v) is 5.12. The van der Waals surface area contributed by atoms with Gasteiger partial charge >= 0.3 is 5.91 Å². The van der Waals surface area contributed by atoms with Crippen molar-refractivity contribution in [3.63, 3.8) is 0 Å². The number of fused-ring (bicyclic) bond motifs is 1. The van der Waals surface area contributed by atoms with Gasteiger partial charge in [-0.3, -0.25) is 0 Å². The summed E-state index contributed by atoms with van der Waals surface area (Å²) >= 11 is 0. The molecule has 1 aliphatic rings. The van der Waals surface area contributed by atoms with Crippen LogP contribution in [0, 0.1) is 5.92 Å². The first-order valence-electron chi connectivity index (χ1n) is 5.12.